The van der Waals surface area contributed by atoms with Crippen LogP contribution in [0.15, 0.2) is 11.4 Å². The minimum absolute atomic E-state index is 0.0446. The number of hydrogen-bond donors (Lipinski definition) is 2. The van der Waals surface area contributed by atoms with Crippen molar-refractivity contribution >= 4 is 39.4 Å². The van der Waals surface area contributed by atoms with Crippen LogP contribution >= 0.6 is 11.3 Å². The highest BCUT2D eigenvalue weighted by molar-refractivity contribution is 7.17. The smallest absolute Gasteiger partial charge is 0.417 e. The number of anilines is 1. The second-order valence-electron chi connectivity index (χ2n) is 8.25. The summed E-state index contributed by atoms with van der Waals surface area (Å²) in [4.78, 5) is 32.5. The molecule has 8 nitrogen and oxygen atoms in total. The number of fused-ring (bicyclic) bond motifs is 1. The highest BCUT2D eigenvalue weighted by atomic mass is 32.1. The molecule has 0 radical (unpaired) electrons. The third kappa shape index (κ3) is 4.86. The molecule has 2 N–H and O–H groups in total. The Bertz CT molecular complexity index is 1040. The number of nitrogens with zero attached hydrogens (tertiary/aromatic N) is 3. The molecule has 2 fully saturated rings. The molecule has 2 aliphatic rings. The molecule has 0 aliphatic carbocycles. The van der Waals surface area contributed by atoms with Crippen molar-refractivity contribution in [3.63, 3.8) is 0 Å². The van der Waals surface area contributed by atoms with E-state index in [-0.39, 0.29) is 39.8 Å². The van der Waals surface area contributed by atoms with Gasteiger partial charge < -0.3 is 25.2 Å². The topological polar surface area (TPSA) is 86.8 Å². The summed E-state index contributed by atoms with van der Waals surface area (Å²) in [5.41, 5.74) is -0.631. The number of nitrogens with one attached hydrogen (secondary N) is 2. The molecule has 2 amide bonds. The number of thiophene rings is 1. The highest BCUT2D eigenvalue weighted by Crippen LogP contribution is 2.40. The first-order valence-corrected chi connectivity index (χ1v) is 11.7. The van der Waals surface area contributed by atoms with Crippen LogP contribution < -0.4 is 15.5 Å². The lowest BCUT2D eigenvalue weighted by Gasteiger charge is -2.36. The molecule has 12 heteroatoms. The Hall–Kier alpha value is -2.60. The van der Waals surface area contributed by atoms with Gasteiger partial charge in [-0.15, -0.1) is 11.3 Å². The number of pyridine rings is 1. The molecule has 4 rings (SSSR count). The molecule has 0 unspecified atom stereocenters. The van der Waals surface area contributed by atoms with E-state index in [2.05, 4.69) is 15.6 Å². The van der Waals surface area contributed by atoms with Gasteiger partial charge in [0.1, 0.15) is 11.9 Å². The van der Waals surface area contributed by atoms with Gasteiger partial charge in [0, 0.05) is 64.0 Å². The van der Waals surface area contributed by atoms with Crippen molar-refractivity contribution in [3.8, 4) is 0 Å². The van der Waals surface area contributed by atoms with Gasteiger partial charge in [0.2, 0.25) is 0 Å². The molecule has 180 valence electrons. The zero-order valence-corrected chi connectivity index (χ0v) is 19.2. The number of hydrogen-bond acceptors (Lipinski definition) is 7. The first kappa shape index (κ1) is 23.6. The van der Waals surface area contributed by atoms with Gasteiger partial charge in [-0.25, -0.2) is 9.78 Å². The van der Waals surface area contributed by atoms with E-state index in [9.17, 15) is 22.8 Å². The first-order valence-electron chi connectivity index (χ1n) is 10.8. The van der Waals surface area contributed by atoms with E-state index >= 15 is 0 Å². The van der Waals surface area contributed by atoms with Crippen LogP contribution in [0.25, 0.3) is 10.2 Å². The molecule has 2 aromatic heterocycles. The van der Waals surface area contributed by atoms with Crippen LogP contribution in [-0.2, 0) is 10.9 Å². The summed E-state index contributed by atoms with van der Waals surface area (Å²) in [5, 5.41) is 7.07. The van der Waals surface area contributed by atoms with E-state index in [0.29, 0.717) is 45.6 Å². The van der Waals surface area contributed by atoms with Crippen LogP contribution in [0.4, 0.5) is 23.8 Å². The highest BCUT2D eigenvalue weighted by Gasteiger charge is 2.36. The van der Waals surface area contributed by atoms with E-state index in [1.165, 1.54) is 12.4 Å². The van der Waals surface area contributed by atoms with Gasteiger partial charge in [0.05, 0.1) is 21.3 Å². The van der Waals surface area contributed by atoms with Crippen molar-refractivity contribution < 1.29 is 27.5 Å². The number of ether oxygens (including phenoxy) is 1. The standard InChI is InChI=1S/C21H26F3N5O3S/c1-12-10-26-5-8-29(12)20(31)32-13-3-6-28(7-4-13)16-9-15(21(22,23)24)18-17(27-16)14(11-33-18)19(30)25-2/h9,11-13,26H,3-8,10H2,1-2H3,(H,25,30)/t12-/m0/s1. The van der Waals surface area contributed by atoms with E-state index in [0.717, 1.165) is 17.4 Å². The van der Waals surface area contributed by atoms with Crippen LogP contribution in [0.5, 0.6) is 0 Å². The summed E-state index contributed by atoms with van der Waals surface area (Å²) in [5.74, 6) is -0.314. The average molecular weight is 486 g/mol. The summed E-state index contributed by atoms with van der Waals surface area (Å²) in [6, 6.07) is 1.09. The van der Waals surface area contributed by atoms with Crippen LogP contribution in [0.2, 0.25) is 0 Å². The van der Waals surface area contributed by atoms with Crippen molar-refractivity contribution in [2.45, 2.75) is 38.1 Å². The summed E-state index contributed by atoms with van der Waals surface area (Å²) < 4.78 is 46.9. The number of piperazine rings is 1. The molecule has 2 aromatic rings. The third-order valence-corrected chi connectivity index (χ3v) is 7.06. The summed E-state index contributed by atoms with van der Waals surface area (Å²) in [7, 11) is 1.42. The number of halogens is 3. The van der Waals surface area contributed by atoms with Gasteiger partial charge in [0.25, 0.3) is 5.91 Å². The second-order valence-corrected chi connectivity index (χ2v) is 9.13. The molecule has 33 heavy (non-hydrogen) atoms. The molecular weight excluding hydrogens is 459 g/mol. The third-order valence-electron chi connectivity index (χ3n) is 6.06. The minimum atomic E-state index is -4.57. The second kappa shape index (κ2) is 9.34. The SMILES string of the molecule is CNC(=O)c1csc2c(C(F)(F)F)cc(N3CCC(OC(=O)N4CCNC[C@@H]4C)CC3)nc12. The maximum atomic E-state index is 13.8. The van der Waals surface area contributed by atoms with Crippen molar-refractivity contribution in [3.05, 3.63) is 22.6 Å². The Kier molecular flexibility index (Phi) is 6.66. The molecule has 4 heterocycles. The lowest BCUT2D eigenvalue weighted by molar-refractivity contribution is -0.136. The van der Waals surface area contributed by atoms with Gasteiger partial charge in [-0.3, -0.25) is 4.79 Å². The molecule has 0 bridgehead atoms. The van der Waals surface area contributed by atoms with Crippen molar-refractivity contribution in [2.75, 3.05) is 44.7 Å². The normalized spacial score (nSPS) is 20.2. The minimum Gasteiger partial charge on any atom is -0.446 e. The fourth-order valence-electron chi connectivity index (χ4n) is 4.19. The Morgan fingerprint density at radius 1 is 1.27 bits per heavy atom. The summed E-state index contributed by atoms with van der Waals surface area (Å²) in [6.45, 7) is 4.75. The zero-order valence-electron chi connectivity index (χ0n) is 18.4. The summed E-state index contributed by atoms with van der Waals surface area (Å²) >= 11 is 0.859. The Balaban J connectivity index is 1.50. The predicted octanol–water partition coefficient (Wildman–Crippen LogP) is 3.07. The number of piperidine rings is 1. The van der Waals surface area contributed by atoms with Crippen molar-refractivity contribution in [1.29, 1.82) is 0 Å². The fraction of sp³-hybridized carbons (Fsp3) is 0.571. The van der Waals surface area contributed by atoms with Crippen LogP contribution in [0.3, 0.4) is 0 Å². The van der Waals surface area contributed by atoms with Crippen LogP contribution in [-0.4, -0.2) is 73.8 Å². The molecule has 1 atom stereocenters. The Labute approximate surface area is 193 Å². The van der Waals surface area contributed by atoms with E-state index in [1.54, 1.807) is 9.80 Å². The quantitative estimate of drug-likeness (QED) is 0.695. The van der Waals surface area contributed by atoms with Crippen LogP contribution in [0.1, 0.15) is 35.7 Å². The van der Waals surface area contributed by atoms with Gasteiger partial charge in [-0.2, -0.15) is 13.2 Å². The Morgan fingerprint density at radius 3 is 2.64 bits per heavy atom. The molecule has 2 aliphatic heterocycles. The number of aromatic nitrogens is 1. The monoisotopic (exact) mass is 485 g/mol. The molecule has 0 spiro atoms. The number of carbonyl (C=O) groups excluding carboxylic acids is 2. The number of alkyl halides is 3. The van der Waals surface area contributed by atoms with E-state index in [4.69, 9.17) is 4.74 Å². The van der Waals surface area contributed by atoms with Gasteiger partial charge >= 0.3 is 12.3 Å². The maximum Gasteiger partial charge on any atom is 0.417 e. The van der Waals surface area contributed by atoms with Crippen molar-refractivity contribution in [1.82, 2.24) is 20.5 Å². The summed E-state index contributed by atoms with van der Waals surface area (Å²) in [6.07, 6.45) is -4.26. The van der Waals surface area contributed by atoms with Crippen molar-refractivity contribution in [2.24, 2.45) is 0 Å². The first-order chi connectivity index (χ1) is 15.7. The van der Waals surface area contributed by atoms with Gasteiger partial charge in [-0.05, 0) is 13.0 Å². The van der Waals surface area contributed by atoms with E-state index in [1.807, 2.05) is 6.92 Å². The molecule has 0 saturated carbocycles. The molecule has 2 saturated heterocycles. The zero-order chi connectivity index (χ0) is 23.8. The maximum absolute atomic E-state index is 13.8. The van der Waals surface area contributed by atoms with Crippen LogP contribution in [0, 0.1) is 0 Å². The molecular formula is C21H26F3N5O3S. The Morgan fingerprint density at radius 2 is 2.00 bits per heavy atom. The number of carbonyl (C=O) groups is 2. The lowest BCUT2D eigenvalue weighted by atomic mass is 10.1. The number of rotatable bonds is 3. The molecule has 0 aromatic carbocycles. The van der Waals surface area contributed by atoms with E-state index < -0.39 is 17.6 Å². The number of amides is 2. The lowest BCUT2D eigenvalue weighted by Crippen LogP contribution is -2.53. The predicted molar refractivity (Wildman–Crippen MR) is 119 cm³/mol. The largest absolute Gasteiger partial charge is 0.446 e. The van der Waals surface area contributed by atoms with Gasteiger partial charge in [0.15, 0.2) is 0 Å². The average Bonchev–Trinajstić information content (AvgIpc) is 3.22. The van der Waals surface area contributed by atoms with Gasteiger partial charge in [-0.1, -0.05) is 0 Å². The fourth-order valence-corrected chi connectivity index (χ4v) is 5.21.